The Hall–Kier alpha value is -1.69. The number of rotatable bonds is 5. The van der Waals surface area contributed by atoms with E-state index in [2.05, 4.69) is 4.72 Å². The van der Waals surface area contributed by atoms with Crippen molar-refractivity contribution in [1.82, 2.24) is 4.72 Å². The van der Waals surface area contributed by atoms with Crippen LogP contribution in [0.1, 0.15) is 24.1 Å². The van der Waals surface area contributed by atoms with Gasteiger partial charge in [0.1, 0.15) is 0 Å². The van der Waals surface area contributed by atoms with Gasteiger partial charge in [-0.05, 0) is 30.2 Å². The van der Waals surface area contributed by atoms with Crippen LogP contribution in [0.5, 0.6) is 0 Å². The molecular weight excluding hydrogens is 272 g/mol. The molecule has 0 amide bonds. The Bertz CT molecular complexity index is 669. The molecule has 0 aromatic heterocycles. The van der Waals surface area contributed by atoms with Crippen LogP contribution in [0.3, 0.4) is 0 Å². The second-order valence-electron chi connectivity index (χ2n) is 4.61. The molecule has 2 aromatic rings. The third-order valence-corrected chi connectivity index (χ3v) is 4.61. The summed E-state index contributed by atoms with van der Waals surface area (Å²) in [5.74, 6) is 0. The summed E-state index contributed by atoms with van der Waals surface area (Å²) in [5, 5.41) is 0. The first-order valence-corrected chi connectivity index (χ1v) is 7.87. The molecular formula is C15H18N2O2S. The Labute approximate surface area is 119 Å². The lowest BCUT2D eigenvalue weighted by Gasteiger charge is -2.15. The molecule has 0 aliphatic heterocycles. The van der Waals surface area contributed by atoms with Crippen molar-refractivity contribution < 1.29 is 8.42 Å². The monoisotopic (exact) mass is 290 g/mol. The summed E-state index contributed by atoms with van der Waals surface area (Å²) < 4.78 is 27.3. The predicted molar refractivity (Wildman–Crippen MR) is 79.5 cm³/mol. The molecule has 0 saturated carbocycles. The number of hydrogen-bond donors (Lipinski definition) is 2. The highest BCUT2D eigenvalue weighted by Gasteiger charge is 2.18. The van der Waals surface area contributed by atoms with Gasteiger partial charge in [0, 0.05) is 12.6 Å². The molecule has 5 heteroatoms. The maximum absolute atomic E-state index is 12.3. The van der Waals surface area contributed by atoms with Crippen LogP contribution in [0.2, 0.25) is 0 Å². The molecule has 2 rings (SSSR count). The SMILES string of the molecule is CC(NS(=O)(=O)c1cccc(CN)c1)c1ccccc1. The first-order chi connectivity index (χ1) is 9.53. The molecule has 0 fully saturated rings. The van der Waals surface area contributed by atoms with E-state index in [1.54, 1.807) is 24.3 Å². The molecule has 2 aromatic carbocycles. The number of nitrogens with two attached hydrogens (primary N) is 1. The van der Waals surface area contributed by atoms with Crippen molar-refractivity contribution in [1.29, 1.82) is 0 Å². The summed E-state index contributed by atoms with van der Waals surface area (Å²) in [5.41, 5.74) is 7.25. The summed E-state index contributed by atoms with van der Waals surface area (Å²) in [7, 11) is -3.55. The Morgan fingerprint density at radius 2 is 1.80 bits per heavy atom. The number of hydrogen-bond acceptors (Lipinski definition) is 3. The van der Waals surface area contributed by atoms with Gasteiger partial charge in [-0.3, -0.25) is 0 Å². The third-order valence-electron chi connectivity index (χ3n) is 3.08. The quantitative estimate of drug-likeness (QED) is 0.886. The minimum absolute atomic E-state index is 0.239. The van der Waals surface area contributed by atoms with Crippen molar-refractivity contribution in [3.05, 3.63) is 65.7 Å². The third kappa shape index (κ3) is 3.45. The van der Waals surface area contributed by atoms with Gasteiger partial charge in [0.2, 0.25) is 10.0 Å². The molecule has 0 aliphatic carbocycles. The zero-order valence-corrected chi connectivity index (χ0v) is 12.1. The van der Waals surface area contributed by atoms with E-state index in [1.165, 1.54) is 0 Å². The molecule has 1 unspecified atom stereocenters. The van der Waals surface area contributed by atoms with E-state index in [-0.39, 0.29) is 10.9 Å². The number of benzene rings is 2. The van der Waals surface area contributed by atoms with E-state index >= 15 is 0 Å². The van der Waals surface area contributed by atoms with Gasteiger partial charge >= 0.3 is 0 Å². The van der Waals surface area contributed by atoms with Gasteiger partial charge in [-0.2, -0.15) is 0 Å². The summed E-state index contributed by atoms with van der Waals surface area (Å²) >= 11 is 0. The normalized spacial score (nSPS) is 13.1. The first kappa shape index (κ1) is 14.7. The summed E-state index contributed by atoms with van der Waals surface area (Å²) in [6, 6.07) is 15.8. The van der Waals surface area contributed by atoms with Crippen LogP contribution in [-0.4, -0.2) is 8.42 Å². The molecule has 20 heavy (non-hydrogen) atoms. The Balaban J connectivity index is 2.23. The molecule has 0 bridgehead atoms. The van der Waals surface area contributed by atoms with Crippen LogP contribution in [0, 0.1) is 0 Å². The predicted octanol–water partition coefficient (Wildman–Crippen LogP) is 2.18. The second-order valence-corrected chi connectivity index (χ2v) is 6.32. The Morgan fingerprint density at radius 1 is 1.10 bits per heavy atom. The van der Waals surface area contributed by atoms with Crippen LogP contribution < -0.4 is 10.5 Å². The smallest absolute Gasteiger partial charge is 0.241 e. The highest BCUT2D eigenvalue weighted by molar-refractivity contribution is 7.89. The van der Waals surface area contributed by atoms with E-state index < -0.39 is 10.0 Å². The van der Waals surface area contributed by atoms with E-state index in [0.717, 1.165) is 11.1 Å². The van der Waals surface area contributed by atoms with E-state index in [1.807, 2.05) is 37.3 Å². The first-order valence-electron chi connectivity index (χ1n) is 6.39. The average molecular weight is 290 g/mol. The lowest BCUT2D eigenvalue weighted by Crippen LogP contribution is -2.27. The average Bonchev–Trinajstić information content (AvgIpc) is 2.48. The standard InChI is InChI=1S/C15H18N2O2S/c1-12(14-7-3-2-4-8-14)17-20(18,19)15-9-5-6-13(10-15)11-16/h2-10,12,17H,11,16H2,1H3. The molecule has 4 nitrogen and oxygen atoms in total. The fraction of sp³-hybridized carbons (Fsp3) is 0.200. The van der Waals surface area contributed by atoms with Gasteiger partial charge < -0.3 is 5.73 Å². The summed E-state index contributed by atoms with van der Waals surface area (Å²) in [4.78, 5) is 0.239. The molecule has 106 valence electrons. The maximum Gasteiger partial charge on any atom is 0.241 e. The van der Waals surface area contributed by atoms with Gasteiger partial charge in [0.05, 0.1) is 4.90 Å². The van der Waals surface area contributed by atoms with Gasteiger partial charge in [0.15, 0.2) is 0 Å². The van der Waals surface area contributed by atoms with Crippen LogP contribution in [-0.2, 0) is 16.6 Å². The van der Waals surface area contributed by atoms with Gasteiger partial charge in [-0.25, -0.2) is 13.1 Å². The number of nitrogens with one attached hydrogen (secondary N) is 1. The molecule has 0 saturated heterocycles. The van der Waals surface area contributed by atoms with E-state index in [9.17, 15) is 8.42 Å². The van der Waals surface area contributed by atoms with E-state index in [4.69, 9.17) is 5.73 Å². The van der Waals surface area contributed by atoms with Gasteiger partial charge in [-0.15, -0.1) is 0 Å². The van der Waals surface area contributed by atoms with Gasteiger partial charge in [-0.1, -0.05) is 42.5 Å². The Kier molecular flexibility index (Phi) is 4.54. The van der Waals surface area contributed by atoms with Crippen molar-refractivity contribution in [3.8, 4) is 0 Å². The largest absolute Gasteiger partial charge is 0.326 e. The molecule has 0 spiro atoms. The van der Waals surface area contributed by atoms with Crippen molar-refractivity contribution >= 4 is 10.0 Å². The lowest BCUT2D eigenvalue weighted by molar-refractivity contribution is 0.567. The number of sulfonamides is 1. The lowest BCUT2D eigenvalue weighted by atomic mass is 10.1. The highest BCUT2D eigenvalue weighted by Crippen LogP contribution is 2.17. The van der Waals surface area contributed by atoms with Crippen molar-refractivity contribution in [2.24, 2.45) is 5.73 Å². The van der Waals surface area contributed by atoms with Crippen molar-refractivity contribution in [3.63, 3.8) is 0 Å². The fourth-order valence-electron chi connectivity index (χ4n) is 1.95. The molecule has 0 heterocycles. The topological polar surface area (TPSA) is 72.2 Å². The minimum atomic E-state index is -3.55. The summed E-state index contributed by atoms with van der Waals surface area (Å²) in [6.07, 6.45) is 0. The van der Waals surface area contributed by atoms with Crippen molar-refractivity contribution in [2.75, 3.05) is 0 Å². The maximum atomic E-state index is 12.3. The second kappa shape index (κ2) is 6.17. The van der Waals surface area contributed by atoms with Crippen LogP contribution in [0.15, 0.2) is 59.5 Å². The zero-order chi connectivity index (χ0) is 14.6. The van der Waals surface area contributed by atoms with Crippen LogP contribution in [0.25, 0.3) is 0 Å². The highest BCUT2D eigenvalue weighted by atomic mass is 32.2. The molecule has 0 radical (unpaired) electrons. The minimum Gasteiger partial charge on any atom is -0.326 e. The molecule has 0 aliphatic rings. The molecule has 3 N–H and O–H groups in total. The molecule has 1 atom stereocenters. The Morgan fingerprint density at radius 3 is 2.45 bits per heavy atom. The van der Waals surface area contributed by atoms with E-state index in [0.29, 0.717) is 6.54 Å². The van der Waals surface area contributed by atoms with Gasteiger partial charge in [0.25, 0.3) is 0 Å². The fourth-order valence-corrected chi connectivity index (χ4v) is 3.25. The van der Waals surface area contributed by atoms with Crippen LogP contribution in [0.4, 0.5) is 0 Å². The van der Waals surface area contributed by atoms with Crippen LogP contribution >= 0.6 is 0 Å². The zero-order valence-electron chi connectivity index (χ0n) is 11.3. The summed E-state index contributed by atoms with van der Waals surface area (Å²) in [6.45, 7) is 2.14. The van der Waals surface area contributed by atoms with Crippen molar-refractivity contribution in [2.45, 2.75) is 24.4 Å².